The maximum Gasteiger partial charge on any atom is 0.328 e. The second kappa shape index (κ2) is 11.9. The maximum atomic E-state index is 12.3. The van der Waals surface area contributed by atoms with Gasteiger partial charge >= 0.3 is 5.97 Å². The van der Waals surface area contributed by atoms with Gasteiger partial charge < -0.3 is 37.6 Å². The topological polar surface area (TPSA) is 214 Å². The van der Waals surface area contributed by atoms with E-state index in [1.54, 1.807) is 6.92 Å². The van der Waals surface area contributed by atoms with E-state index in [9.17, 15) is 24.0 Å². The Labute approximate surface area is 162 Å². The van der Waals surface area contributed by atoms with Gasteiger partial charge in [-0.1, -0.05) is 20.3 Å². The van der Waals surface area contributed by atoms with Crippen molar-refractivity contribution in [1.82, 2.24) is 16.0 Å². The van der Waals surface area contributed by atoms with E-state index in [0.717, 1.165) is 0 Å². The second-order valence-electron chi connectivity index (χ2n) is 6.46. The van der Waals surface area contributed by atoms with Crippen LogP contribution in [0.4, 0.5) is 0 Å². The first-order valence-corrected chi connectivity index (χ1v) is 8.73. The molecule has 0 aliphatic carbocycles. The molecule has 0 heterocycles. The molecule has 12 nitrogen and oxygen atoms in total. The first-order valence-electron chi connectivity index (χ1n) is 8.73. The SMILES string of the molecule is CCC(C)C(N)C(=O)NC(C)C(=O)NC(CC(N)=O)C(=O)NC(CO)C(=O)O. The van der Waals surface area contributed by atoms with Crippen molar-refractivity contribution in [2.75, 3.05) is 6.61 Å². The van der Waals surface area contributed by atoms with Gasteiger partial charge in [-0.05, 0) is 12.8 Å². The Bertz CT molecular complexity index is 598. The summed E-state index contributed by atoms with van der Waals surface area (Å²) in [5.41, 5.74) is 10.8. The van der Waals surface area contributed by atoms with Crippen LogP contribution in [0.2, 0.25) is 0 Å². The number of carbonyl (C=O) groups excluding carboxylic acids is 4. The zero-order chi connectivity index (χ0) is 22.0. The van der Waals surface area contributed by atoms with Crippen LogP contribution in [-0.2, 0) is 24.0 Å². The molecule has 0 aromatic rings. The van der Waals surface area contributed by atoms with Crippen LogP contribution >= 0.6 is 0 Å². The van der Waals surface area contributed by atoms with Crippen molar-refractivity contribution < 1.29 is 34.2 Å². The van der Waals surface area contributed by atoms with Crippen molar-refractivity contribution >= 4 is 29.6 Å². The summed E-state index contributed by atoms with van der Waals surface area (Å²) in [6, 6.07) is -5.02. The summed E-state index contributed by atoms with van der Waals surface area (Å²) >= 11 is 0. The fourth-order valence-electron chi connectivity index (χ4n) is 2.05. The molecule has 5 unspecified atom stereocenters. The highest BCUT2D eigenvalue weighted by Crippen LogP contribution is 2.05. The average molecular weight is 403 g/mol. The first kappa shape index (κ1) is 25.3. The van der Waals surface area contributed by atoms with Crippen molar-refractivity contribution in [3.05, 3.63) is 0 Å². The highest BCUT2D eigenvalue weighted by Gasteiger charge is 2.30. The van der Waals surface area contributed by atoms with E-state index < -0.39 is 66.8 Å². The number of hydrogen-bond acceptors (Lipinski definition) is 7. The molecular weight excluding hydrogens is 374 g/mol. The molecule has 4 amide bonds. The van der Waals surface area contributed by atoms with E-state index in [2.05, 4.69) is 10.6 Å². The summed E-state index contributed by atoms with van der Waals surface area (Å²) in [7, 11) is 0. The lowest BCUT2D eigenvalue weighted by atomic mass is 9.99. The van der Waals surface area contributed by atoms with Crippen molar-refractivity contribution in [2.24, 2.45) is 17.4 Å². The van der Waals surface area contributed by atoms with Gasteiger partial charge in [0.15, 0.2) is 0 Å². The van der Waals surface area contributed by atoms with Crippen LogP contribution in [0.25, 0.3) is 0 Å². The van der Waals surface area contributed by atoms with Crippen molar-refractivity contribution in [3.8, 4) is 0 Å². The normalized spacial score (nSPS) is 16.0. The van der Waals surface area contributed by atoms with Crippen LogP contribution in [0, 0.1) is 5.92 Å². The average Bonchev–Trinajstić information content (AvgIpc) is 2.62. The lowest BCUT2D eigenvalue weighted by Gasteiger charge is -2.23. The number of carboxylic acid groups (broad SMARTS) is 1. The Hall–Kier alpha value is -2.73. The summed E-state index contributed by atoms with van der Waals surface area (Å²) in [6.45, 7) is 4.10. The quantitative estimate of drug-likeness (QED) is 0.175. The fourth-order valence-corrected chi connectivity index (χ4v) is 2.05. The van der Waals surface area contributed by atoms with Crippen LogP contribution < -0.4 is 27.4 Å². The van der Waals surface area contributed by atoms with Gasteiger partial charge in [0.25, 0.3) is 0 Å². The molecule has 12 heteroatoms. The number of carbonyl (C=O) groups is 5. The van der Waals surface area contributed by atoms with Crippen LogP contribution in [-0.4, -0.2) is 70.6 Å². The molecule has 0 saturated heterocycles. The monoisotopic (exact) mass is 403 g/mol. The Morgan fingerprint density at radius 2 is 1.46 bits per heavy atom. The minimum Gasteiger partial charge on any atom is -0.480 e. The summed E-state index contributed by atoms with van der Waals surface area (Å²) in [5, 5.41) is 24.4. The molecule has 0 aliphatic heterocycles. The van der Waals surface area contributed by atoms with E-state index in [0.29, 0.717) is 6.42 Å². The first-order chi connectivity index (χ1) is 12.9. The number of aliphatic hydroxyl groups is 1. The largest absolute Gasteiger partial charge is 0.480 e. The summed E-state index contributed by atoms with van der Waals surface area (Å²) < 4.78 is 0. The Morgan fingerprint density at radius 3 is 1.89 bits per heavy atom. The number of nitrogens with one attached hydrogen (secondary N) is 3. The van der Waals surface area contributed by atoms with Gasteiger partial charge in [-0.3, -0.25) is 19.2 Å². The van der Waals surface area contributed by atoms with Gasteiger partial charge in [-0.2, -0.15) is 0 Å². The lowest BCUT2D eigenvalue weighted by molar-refractivity contribution is -0.143. The fraction of sp³-hybridized carbons (Fsp3) is 0.688. The Balaban J connectivity index is 5.05. The lowest BCUT2D eigenvalue weighted by Crippen LogP contribution is -2.57. The van der Waals surface area contributed by atoms with E-state index >= 15 is 0 Å². The van der Waals surface area contributed by atoms with E-state index in [4.69, 9.17) is 21.7 Å². The summed E-state index contributed by atoms with van der Waals surface area (Å²) in [4.78, 5) is 58.5. The predicted octanol–water partition coefficient (Wildman–Crippen LogP) is -3.21. The Kier molecular flexibility index (Phi) is 10.7. The zero-order valence-electron chi connectivity index (χ0n) is 16.1. The number of nitrogens with two attached hydrogens (primary N) is 2. The Morgan fingerprint density at radius 1 is 0.929 bits per heavy atom. The second-order valence-corrected chi connectivity index (χ2v) is 6.46. The minimum atomic E-state index is -1.62. The molecule has 0 aromatic carbocycles. The van der Waals surface area contributed by atoms with Gasteiger partial charge in [0.05, 0.1) is 19.1 Å². The third-order valence-corrected chi connectivity index (χ3v) is 4.15. The number of aliphatic carboxylic acids is 1. The van der Waals surface area contributed by atoms with E-state index in [-0.39, 0.29) is 5.92 Å². The molecule has 0 saturated carbocycles. The highest BCUT2D eigenvalue weighted by atomic mass is 16.4. The molecule has 0 bridgehead atoms. The van der Waals surface area contributed by atoms with Crippen molar-refractivity contribution in [3.63, 3.8) is 0 Å². The van der Waals surface area contributed by atoms with Crippen molar-refractivity contribution in [1.29, 1.82) is 0 Å². The highest BCUT2D eigenvalue weighted by molar-refractivity contribution is 5.95. The molecule has 160 valence electrons. The number of carboxylic acids is 1. The number of primary amides is 1. The smallest absolute Gasteiger partial charge is 0.328 e. The van der Waals surface area contributed by atoms with E-state index in [1.807, 2.05) is 12.2 Å². The molecular formula is C16H29N5O7. The van der Waals surface area contributed by atoms with Gasteiger partial charge in [-0.25, -0.2) is 4.79 Å². The molecule has 9 N–H and O–H groups in total. The maximum absolute atomic E-state index is 12.3. The summed E-state index contributed by atoms with van der Waals surface area (Å²) in [5.74, 6) is -4.92. The number of amides is 4. The van der Waals surface area contributed by atoms with Gasteiger partial charge in [0, 0.05) is 0 Å². The third kappa shape index (κ3) is 8.31. The standard InChI is InChI=1S/C16H29N5O7/c1-4-7(2)12(18)15(26)19-8(3)13(24)20-9(5-11(17)23)14(25)21-10(6-22)16(27)28/h7-10,12,22H,4-6,18H2,1-3H3,(H2,17,23)(H,19,26)(H,20,24)(H,21,25)(H,27,28). The third-order valence-electron chi connectivity index (χ3n) is 4.15. The van der Waals surface area contributed by atoms with Crippen LogP contribution in [0.1, 0.15) is 33.6 Å². The number of hydrogen-bond donors (Lipinski definition) is 7. The van der Waals surface area contributed by atoms with Gasteiger partial charge in [0.2, 0.25) is 23.6 Å². The minimum absolute atomic E-state index is 0.116. The molecule has 0 aliphatic rings. The molecule has 0 aromatic heterocycles. The molecule has 0 spiro atoms. The van der Waals surface area contributed by atoms with Gasteiger partial charge in [0.1, 0.15) is 18.1 Å². The van der Waals surface area contributed by atoms with Crippen LogP contribution in [0.5, 0.6) is 0 Å². The molecule has 0 rings (SSSR count). The van der Waals surface area contributed by atoms with Gasteiger partial charge in [-0.15, -0.1) is 0 Å². The summed E-state index contributed by atoms with van der Waals surface area (Å²) in [6.07, 6.45) is 0.0496. The van der Waals surface area contributed by atoms with E-state index in [1.165, 1.54) is 6.92 Å². The number of rotatable bonds is 12. The predicted molar refractivity (Wildman–Crippen MR) is 97.4 cm³/mol. The van der Waals surface area contributed by atoms with Crippen LogP contribution in [0.15, 0.2) is 0 Å². The molecule has 5 atom stereocenters. The van der Waals surface area contributed by atoms with Crippen molar-refractivity contribution in [2.45, 2.75) is 57.8 Å². The number of aliphatic hydroxyl groups excluding tert-OH is 1. The molecule has 28 heavy (non-hydrogen) atoms. The molecule has 0 fully saturated rings. The zero-order valence-corrected chi connectivity index (χ0v) is 16.1. The molecule has 0 radical (unpaired) electrons. The van der Waals surface area contributed by atoms with Crippen LogP contribution in [0.3, 0.4) is 0 Å².